The summed E-state index contributed by atoms with van der Waals surface area (Å²) in [6.07, 6.45) is 5.61. The van der Waals surface area contributed by atoms with E-state index in [9.17, 15) is 9.90 Å². The Morgan fingerprint density at radius 1 is 0.938 bits per heavy atom. The smallest absolute Gasteiger partial charge is 0.251 e. The lowest BCUT2D eigenvalue weighted by atomic mass is 10.1. The summed E-state index contributed by atoms with van der Waals surface area (Å²) < 4.78 is 0. The van der Waals surface area contributed by atoms with Gasteiger partial charge in [0.15, 0.2) is 0 Å². The fraction of sp³-hybridized carbons (Fsp3) is 0.308. The minimum atomic E-state index is -0.131. The minimum absolute atomic E-state index is 0.131. The van der Waals surface area contributed by atoms with Gasteiger partial charge in [-0.25, -0.2) is 0 Å². The highest BCUT2D eigenvalue weighted by atomic mass is 16.3. The first-order chi connectivity index (χ1) is 15.6. The van der Waals surface area contributed by atoms with Gasteiger partial charge in [0, 0.05) is 48.0 Å². The summed E-state index contributed by atoms with van der Waals surface area (Å²) in [7, 11) is 0. The van der Waals surface area contributed by atoms with Gasteiger partial charge in [0.25, 0.3) is 5.91 Å². The van der Waals surface area contributed by atoms with Gasteiger partial charge < -0.3 is 15.7 Å². The molecular formula is C26H32N4O2. The molecule has 3 rings (SSSR count). The standard InChI is InChI=1S/C26H32N4O2/c1-3-15-30(16-4-2)19-22-17-20(5-10-25(22)31)18-28-26(32)21-6-8-23(9-7-21)29-24-11-13-27-14-12-24/h5-14,17,31H,3-4,15-16,18-19H2,1-2H3,(H,27,29)(H,28,32). The van der Waals surface area contributed by atoms with Crippen molar-refractivity contribution in [1.29, 1.82) is 0 Å². The first-order valence-corrected chi connectivity index (χ1v) is 11.2. The Labute approximate surface area is 190 Å². The van der Waals surface area contributed by atoms with Crippen molar-refractivity contribution in [3.8, 4) is 5.75 Å². The van der Waals surface area contributed by atoms with E-state index in [0.717, 1.165) is 48.4 Å². The Hall–Kier alpha value is -3.38. The molecule has 0 bridgehead atoms. The van der Waals surface area contributed by atoms with E-state index in [1.807, 2.05) is 36.4 Å². The Morgan fingerprint density at radius 3 is 2.25 bits per heavy atom. The van der Waals surface area contributed by atoms with Crippen LogP contribution in [0.1, 0.15) is 48.2 Å². The molecule has 0 saturated heterocycles. The number of rotatable bonds is 11. The van der Waals surface area contributed by atoms with Crippen LogP contribution in [0.25, 0.3) is 0 Å². The highest BCUT2D eigenvalue weighted by Gasteiger charge is 2.10. The molecular weight excluding hydrogens is 400 g/mol. The Balaban J connectivity index is 1.58. The summed E-state index contributed by atoms with van der Waals surface area (Å²) in [5.74, 6) is 0.170. The first kappa shape index (κ1) is 23.3. The fourth-order valence-corrected chi connectivity index (χ4v) is 3.61. The molecule has 6 heteroatoms. The van der Waals surface area contributed by atoms with Crippen LogP contribution in [0.15, 0.2) is 67.0 Å². The SMILES string of the molecule is CCCN(CCC)Cc1cc(CNC(=O)c2ccc(Nc3ccncc3)cc2)ccc1O. The lowest BCUT2D eigenvalue weighted by Gasteiger charge is -2.22. The molecule has 0 saturated carbocycles. The van der Waals surface area contributed by atoms with Crippen molar-refractivity contribution in [3.63, 3.8) is 0 Å². The van der Waals surface area contributed by atoms with Crippen molar-refractivity contribution in [2.45, 2.75) is 39.8 Å². The summed E-state index contributed by atoms with van der Waals surface area (Å²) in [5, 5.41) is 16.5. The molecule has 0 unspecified atom stereocenters. The maximum absolute atomic E-state index is 12.6. The average Bonchev–Trinajstić information content (AvgIpc) is 2.81. The van der Waals surface area contributed by atoms with E-state index in [1.54, 1.807) is 30.6 Å². The number of hydrogen-bond acceptors (Lipinski definition) is 5. The third-order valence-electron chi connectivity index (χ3n) is 5.19. The third-order valence-corrected chi connectivity index (χ3v) is 5.19. The number of aromatic nitrogens is 1. The van der Waals surface area contributed by atoms with Gasteiger partial charge in [0.1, 0.15) is 5.75 Å². The van der Waals surface area contributed by atoms with Crippen LogP contribution >= 0.6 is 0 Å². The van der Waals surface area contributed by atoms with Crippen LogP contribution in [0.4, 0.5) is 11.4 Å². The number of phenolic OH excluding ortho intramolecular Hbond substituents is 1. The zero-order valence-corrected chi connectivity index (χ0v) is 18.8. The molecule has 0 radical (unpaired) electrons. The number of phenols is 1. The fourth-order valence-electron chi connectivity index (χ4n) is 3.61. The molecule has 0 fully saturated rings. The van der Waals surface area contributed by atoms with Crippen LogP contribution in [0.5, 0.6) is 5.75 Å². The molecule has 0 aliphatic heterocycles. The van der Waals surface area contributed by atoms with E-state index in [4.69, 9.17) is 0 Å². The van der Waals surface area contributed by atoms with E-state index >= 15 is 0 Å². The highest BCUT2D eigenvalue weighted by Crippen LogP contribution is 2.21. The minimum Gasteiger partial charge on any atom is -0.508 e. The number of amides is 1. The Bertz CT molecular complexity index is 984. The number of anilines is 2. The summed E-state index contributed by atoms with van der Waals surface area (Å²) in [6, 6.07) is 16.7. The molecule has 0 aliphatic rings. The molecule has 0 aliphatic carbocycles. The van der Waals surface area contributed by atoms with Crippen LogP contribution in [0.2, 0.25) is 0 Å². The molecule has 1 aromatic heterocycles. The summed E-state index contributed by atoms with van der Waals surface area (Å²) in [5.41, 5.74) is 4.30. The van der Waals surface area contributed by atoms with Crippen LogP contribution < -0.4 is 10.6 Å². The Kier molecular flexibility index (Phi) is 8.63. The number of carbonyl (C=O) groups is 1. The van der Waals surface area contributed by atoms with Crippen molar-refractivity contribution in [1.82, 2.24) is 15.2 Å². The molecule has 3 N–H and O–H groups in total. The van der Waals surface area contributed by atoms with E-state index in [-0.39, 0.29) is 5.91 Å². The van der Waals surface area contributed by atoms with Crippen LogP contribution in [-0.4, -0.2) is 34.0 Å². The number of aromatic hydroxyl groups is 1. The molecule has 1 heterocycles. The van der Waals surface area contributed by atoms with Gasteiger partial charge in [0.2, 0.25) is 0 Å². The number of hydrogen-bond donors (Lipinski definition) is 3. The second-order valence-corrected chi connectivity index (χ2v) is 7.86. The van der Waals surface area contributed by atoms with Gasteiger partial charge in [-0.1, -0.05) is 19.9 Å². The molecule has 168 valence electrons. The quantitative estimate of drug-likeness (QED) is 0.394. The van der Waals surface area contributed by atoms with Gasteiger partial charge in [0.05, 0.1) is 0 Å². The Morgan fingerprint density at radius 2 is 1.59 bits per heavy atom. The highest BCUT2D eigenvalue weighted by molar-refractivity contribution is 5.94. The average molecular weight is 433 g/mol. The van der Waals surface area contributed by atoms with Gasteiger partial charge in [-0.3, -0.25) is 14.7 Å². The number of nitrogens with zero attached hydrogens (tertiary/aromatic N) is 2. The summed E-state index contributed by atoms with van der Waals surface area (Å²) >= 11 is 0. The second-order valence-electron chi connectivity index (χ2n) is 7.86. The van der Waals surface area contributed by atoms with Gasteiger partial charge in [-0.15, -0.1) is 0 Å². The molecule has 0 atom stereocenters. The lowest BCUT2D eigenvalue weighted by Crippen LogP contribution is -2.25. The topological polar surface area (TPSA) is 77.5 Å². The van der Waals surface area contributed by atoms with E-state index in [0.29, 0.717) is 24.4 Å². The number of nitrogens with one attached hydrogen (secondary N) is 2. The maximum atomic E-state index is 12.6. The van der Waals surface area contributed by atoms with E-state index < -0.39 is 0 Å². The van der Waals surface area contributed by atoms with Gasteiger partial charge in [-0.05, 0) is 80.0 Å². The van der Waals surface area contributed by atoms with Crippen molar-refractivity contribution in [3.05, 3.63) is 83.7 Å². The van der Waals surface area contributed by atoms with Crippen LogP contribution in [-0.2, 0) is 13.1 Å². The zero-order chi connectivity index (χ0) is 22.8. The number of pyridine rings is 1. The maximum Gasteiger partial charge on any atom is 0.251 e. The van der Waals surface area contributed by atoms with Crippen LogP contribution in [0.3, 0.4) is 0 Å². The first-order valence-electron chi connectivity index (χ1n) is 11.2. The van der Waals surface area contributed by atoms with Crippen molar-refractivity contribution < 1.29 is 9.90 Å². The molecule has 6 nitrogen and oxygen atoms in total. The van der Waals surface area contributed by atoms with E-state index in [2.05, 4.69) is 34.4 Å². The predicted octanol–water partition coefficient (Wildman–Crippen LogP) is 5.08. The van der Waals surface area contributed by atoms with Gasteiger partial charge >= 0.3 is 0 Å². The molecule has 0 spiro atoms. The predicted molar refractivity (Wildman–Crippen MR) is 129 cm³/mol. The summed E-state index contributed by atoms with van der Waals surface area (Å²) in [6.45, 7) is 7.44. The molecule has 2 aromatic carbocycles. The second kappa shape index (κ2) is 11.9. The molecule has 1 amide bonds. The molecule has 32 heavy (non-hydrogen) atoms. The largest absolute Gasteiger partial charge is 0.508 e. The lowest BCUT2D eigenvalue weighted by molar-refractivity contribution is 0.0951. The monoisotopic (exact) mass is 432 g/mol. The van der Waals surface area contributed by atoms with Gasteiger partial charge in [-0.2, -0.15) is 0 Å². The number of benzene rings is 2. The normalized spacial score (nSPS) is 10.8. The van der Waals surface area contributed by atoms with Crippen LogP contribution in [0, 0.1) is 0 Å². The van der Waals surface area contributed by atoms with E-state index in [1.165, 1.54) is 0 Å². The van der Waals surface area contributed by atoms with Crippen molar-refractivity contribution in [2.24, 2.45) is 0 Å². The molecule has 3 aromatic rings. The third kappa shape index (κ3) is 6.82. The van der Waals surface area contributed by atoms with Crippen molar-refractivity contribution >= 4 is 17.3 Å². The van der Waals surface area contributed by atoms with Crippen molar-refractivity contribution in [2.75, 3.05) is 18.4 Å². The zero-order valence-electron chi connectivity index (χ0n) is 18.8. The summed E-state index contributed by atoms with van der Waals surface area (Å²) in [4.78, 5) is 18.9. The number of carbonyl (C=O) groups excluding carboxylic acids is 1.